The largest absolute Gasteiger partial charge is 0.302 e. The summed E-state index contributed by atoms with van der Waals surface area (Å²) in [6.07, 6.45) is 4.82. The van der Waals surface area contributed by atoms with E-state index >= 15 is 0 Å². The number of hydrogen-bond donors (Lipinski definition) is 0. The lowest BCUT2D eigenvalue weighted by molar-refractivity contribution is 0.0974. The fourth-order valence-electron chi connectivity index (χ4n) is 4.19. The predicted molar refractivity (Wildman–Crippen MR) is 107 cm³/mol. The third-order valence-corrected chi connectivity index (χ3v) is 8.01. The molecule has 26 heavy (non-hydrogen) atoms. The molecule has 0 aromatic heterocycles. The van der Waals surface area contributed by atoms with Crippen molar-refractivity contribution >= 4 is 9.84 Å². The summed E-state index contributed by atoms with van der Waals surface area (Å²) in [6, 6.07) is 9.06. The Bertz CT molecular complexity index is 646. The smallest absolute Gasteiger partial charge is 0.179 e. The van der Waals surface area contributed by atoms with E-state index in [1.165, 1.54) is 25.7 Å². The Morgan fingerprint density at radius 2 is 1.46 bits per heavy atom. The van der Waals surface area contributed by atoms with Crippen LogP contribution in [0.4, 0.5) is 0 Å². The van der Waals surface area contributed by atoms with Crippen molar-refractivity contribution < 1.29 is 8.42 Å². The summed E-state index contributed by atoms with van der Waals surface area (Å²) in [7, 11) is -3.25. The van der Waals surface area contributed by atoms with E-state index in [1.54, 1.807) is 12.1 Å². The van der Waals surface area contributed by atoms with Crippen molar-refractivity contribution in [3.8, 4) is 0 Å². The van der Waals surface area contributed by atoms with E-state index < -0.39 is 9.84 Å². The van der Waals surface area contributed by atoms with Gasteiger partial charge < -0.3 is 4.90 Å². The molecule has 0 saturated carbocycles. The average molecular weight is 379 g/mol. The van der Waals surface area contributed by atoms with Crippen molar-refractivity contribution in [3.05, 3.63) is 30.3 Å². The Balaban J connectivity index is 1.72. The van der Waals surface area contributed by atoms with Gasteiger partial charge in [0, 0.05) is 12.6 Å². The van der Waals surface area contributed by atoms with Gasteiger partial charge in [-0.2, -0.15) is 0 Å². The minimum Gasteiger partial charge on any atom is -0.302 e. The molecule has 146 valence electrons. The van der Waals surface area contributed by atoms with Crippen molar-refractivity contribution in [2.75, 3.05) is 38.5 Å². The molecule has 3 rings (SSSR count). The molecule has 0 N–H and O–H groups in total. The van der Waals surface area contributed by atoms with E-state index in [1.807, 2.05) is 18.2 Å². The van der Waals surface area contributed by atoms with Crippen molar-refractivity contribution in [1.29, 1.82) is 0 Å². The van der Waals surface area contributed by atoms with Gasteiger partial charge in [-0.15, -0.1) is 0 Å². The molecule has 2 saturated heterocycles. The highest BCUT2D eigenvalue weighted by molar-refractivity contribution is 7.91. The molecule has 0 radical (unpaired) electrons. The second kappa shape index (κ2) is 8.85. The van der Waals surface area contributed by atoms with Crippen LogP contribution < -0.4 is 0 Å². The van der Waals surface area contributed by atoms with Crippen LogP contribution >= 0.6 is 0 Å². The van der Waals surface area contributed by atoms with Crippen LogP contribution in [0.1, 0.15) is 39.5 Å². The van der Waals surface area contributed by atoms with Crippen LogP contribution in [-0.4, -0.2) is 62.7 Å². The van der Waals surface area contributed by atoms with Gasteiger partial charge in [-0.3, -0.25) is 4.90 Å². The fraction of sp³-hybridized carbons (Fsp3) is 0.714. The molecule has 4 nitrogen and oxygen atoms in total. The van der Waals surface area contributed by atoms with E-state index in [2.05, 4.69) is 23.6 Å². The minimum atomic E-state index is -3.25. The summed E-state index contributed by atoms with van der Waals surface area (Å²) in [4.78, 5) is 5.39. The first kappa shape index (κ1) is 19.8. The minimum absolute atomic E-state index is 0.0983. The first-order valence-electron chi connectivity index (χ1n) is 10.2. The van der Waals surface area contributed by atoms with Gasteiger partial charge in [0.2, 0.25) is 0 Å². The average Bonchev–Trinajstić information content (AvgIpc) is 2.64. The second-order valence-electron chi connectivity index (χ2n) is 8.45. The molecule has 0 bridgehead atoms. The quantitative estimate of drug-likeness (QED) is 0.762. The SMILES string of the molecule is CC1CCN(CC(CS(=O)(=O)c2ccccc2)N2CCC(C)CC2)CC1. The van der Waals surface area contributed by atoms with Crippen LogP contribution in [0.15, 0.2) is 35.2 Å². The second-order valence-corrected chi connectivity index (χ2v) is 10.5. The normalized spacial score (nSPS) is 23.2. The van der Waals surface area contributed by atoms with Gasteiger partial charge >= 0.3 is 0 Å². The molecule has 2 fully saturated rings. The number of nitrogens with zero attached hydrogens (tertiary/aromatic N) is 2. The summed E-state index contributed by atoms with van der Waals surface area (Å²) in [5.41, 5.74) is 0. The lowest BCUT2D eigenvalue weighted by Crippen LogP contribution is -2.51. The summed E-state index contributed by atoms with van der Waals surface area (Å²) in [5, 5.41) is 0. The van der Waals surface area contributed by atoms with Gasteiger partial charge in [0.05, 0.1) is 10.6 Å². The Kier molecular flexibility index (Phi) is 6.76. The predicted octanol–water partition coefficient (Wildman–Crippen LogP) is 3.29. The summed E-state index contributed by atoms with van der Waals surface area (Å²) in [5.74, 6) is 1.79. The summed E-state index contributed by atoms with van der Waals surface area (Å²) in [6.45, 7) is 9.77. The zero-order valence-electron chi connectivity index (χ0n) is 16.3. The highest BCUT2D eigenvalue weighted by Crippen LogP contribution is 2.23. The van der Waals surface area contributed by atoms with Crippen LogP contribution in [0.3, 0.4) is 0 Å². The Hall–Kier alpha value is -0.910. The van der Waals surface area contributed by atoms with E-state index in [0.717, 1.165) is 44.6 Å². The number of benzene rings is 1. The zero-order chi connectivity index (χ0) is 18.6. The molecule has 0 spiro atoms. The zero-order valence-corrected chi connectivity index (χ0v) is 17.1. The van der Waals surface area contributed by atoms with E-state index in [-0.39, 0.29) is 11.8 Å². The van der Waals surface area contributed by atoms with Gasteiger partial charge in [-0.25, -0.2) is 8.42 Å². The standard InChI is InChI=1S/C21H34N2O2S/c1-18-8-12-22(13-9-18)16-20(23-14-10-19(2)11-15-23)17-26(24,25)21-6-4-3-5-7-21/h3-7,18-20H,8-17H2,1-2H3. The van der Waals surface area contributed by atoms with Crippen LogP contribution in [0.5, 0.6) is 0 Å². The van der Waals surface area contributed by atoms with E-state index in [0.29, 0.717) is 4.90 Å². The molecular weight excluding hydrogens is 344 g/mol. The molecule has 5 heteroatoms. The Labute approximate surface area is 159 Å². The van der Waals surface area contributed by atoms with Crippen molar-refractivity contribution in [2.45, 2.75) is 50.5 Å². The molecule has 1 aromatic rings. The monoisotopic (exact) mass is 378 g/mol. The maximum Gasteiger partial charge on any atom is 0.179 e. The highest BCUT2D eigenvalue weighted by Gasteiger charge is 2.30. The fourth-order valence-corrected chi connectivity index (χ4v) is 5.77. The molecule has 1 aromatic carbocycles. The number of sulfone groups is 1. The molecule has 2 aliphatic rings. The third kappa shape index (κ3) is 5.30. The molecule has 2 heterocycles. The summed E-state index contributed by atoms with van der Waals surface area (Å²) >= 11 is 0. The third-order valence-electron chi connectivity index (χ3n) is 6.19. The van der Waals surface area contributed by atoms with E-state index in [4.69, 9.17) is 0 Å². The van der Waals surface area contributed by atoms with Crippen LogP contribution in [-0.2, 0) is 9.84 Å². The van der Waals surface area contributed by atoms with Gasteiger partial charge in [-0.05, 0) is 75.8 Å². The van der Waals surface area contributed by atoms with Crippen LogP contribution in [0, 0.1) is 11.8 Å². The van der Waals surface area contributed by atoms with Crippen molar-refractivity contribution in [1.82, 2.24) is 9.80 Å². The van der Waals surface area contributed by atoms with Crippen molar-refractivity contribution in [3.63, 3.8) is 0 Å². The lowest BCUT2D eigenvalue weighted by Gasteiger charge is -2.40. The number of hydrogen-bond acceptors (Lipinski definition) is 4. The Morgan fingerprint density at radius 1 is 0.923 bits per heavy atom. The maximum absolute atomic E-state index is 13.0. The topological polar surface area (TPSA) is 40.6 Å². The number of likely N-dealkylation sites (tertiary alicyclic amines) is 2. The molecule has 1 atom stereocenters. The maximum atomic E-state index is 13.0. The Morgan fingerprint density at radius 3 is 2.04 bits per heavy atom. The highest BCUT2D eigenvalue weighted by atomic mass is 32.2. The molecule has 0 aliphatic carbocycles. The van der Waals surface area contributed by atoms with Gasteiger partial charge in [0.15, 0.2) is 9.84 Å². The first-order valence-corrected chi connectivity index (χ1v) is 11.8. The summed E-state index contributed by atoms with van der Waals surface area (Å²) < 4.78 is 26.0. The number of piperidine rings is 2. The van der Waals surface area contributed by atoms with Crippen LogP contribution in [0.2, 0.25) is 0 Å². The van der Waals surface area contributed by atoms with Gasteiger partial charge in [0.25, 0.3) is 0 Å². The lowest BCUT2D eigenvalue weighted by atomic mass is 9.97. The molecule has 1 unspecified atom stereocenters. The first-order chi connectivity index (χ1) is 12.4. The van der Waals surface area contributed by atoms with E-state index in [9.17, 15) is 8.42 Å². The van der Waals surface area contributed by atoms with Crippen molar-refractivity contribution in [2.24, 2.45) is 11.8 Å². The van der Waals surface area contributed by atoms with Crippen LogP contribution in [0.25, 0.3) is 0 Å². The number of rotatable bonds is 6. The molecule has 2 aliphatic heterocycles. The van der Waals surface area contributed by atoms with Gasteiger partial charge in [0.1, 0.15) is 0 Å². The molecule has 0 amide bonds. The van der Waals surface area contributed by atoms with Gasteiger partial charge in [-0.1, -0.05) is 32.0 Å². The molecular formula is C21H34N2O2S.